The Bertz CT molecular complexity index is 325. The maximum atomic E-state index is 9.33. The van der Waals surface area contributed by atoms with Crippen molar-refractivity contribution in [3.63, 3.8) is 0 Å². The van der Waals surface area contributed by atoms with Crippen LogP contribution >= 0.6 is 11.8 Å². The van der Waals surface area contributed by atoms with Gasteiger partial charge in [-0.3, -0.25) is 0 Å². The maximum absolute atomic E-state index is 9.33. The summed E-state index contributed by atoms with van der Waals surface area (Å²) >= 11 is 1.65. The van der Waals surface area contributed by atoms with E-state index in [1.54, 1.807) is 23.9 Å². The van der Waals surface area contributed by atoms with Crippen LogP contribution in [0.25, 0.3) is 0 Å². The van der Waals surface area contributed by atoms with Gasteiger partial charge in [0.05, 0.1) is 6.10 Å². The van der Waals surface area contributed by atoms with Crippen molar-refractivity contribution in [2.75, 3.05) is 6.26 Å². The van der Waals surface area contributed by atoms with Gasteiger partial charge in [-0.1, -0.05) is 6.07 Å². The summed E-state index contributed by atoms with van der Waals surface area (Å²) in [6.45, 7) is 2.03. The van der Waals surface area contributed by atoms with E-state index < -0.39 is 0 Å². The van der Waals surface area contributed by atoms with Gasteiger partial charge in [0.15, 0.2) is 0 Å². The van der Waals surface area contributed by atoms with E-state index in [2.05, 4.69) is 0 Å². The van der Waals surface area contributed by atoms with Gasteiger partial charge in [0.2, 0.25) is 0 Å². The SMILES string of the molecule is CSC1OC(C)c2ccc(O)cc21. The zero-order chi connectivity index (χ0) is 9.42. The molecule has 2 rings (SSSR count). The second-order valence-electron chi connectivity index (χ2n) is 3.16. The minimum absolute atomic E-state index is 0.0806. The van der Waals surface area contributed by atoms with Crippen LogP contribution in [0.4, 0.5) is 0 Å². The zero-order valence-corrected chi connectivity index (χ0v) is 8.47. The predicted octanol–water partition coefficient (Wildman–Crippen LogP) is 2.85. The summed E-state index contributed by atoms with van der Waals surface area (Å²) in [5, 5.41) is 9.33. The lowest BCUT2D eigenvalue weighted by atomic mass is 10.1. The molecule has 0 saturated heterocycles. The number of hydrogen-bond donors (Lipinski definition) is 1. The van der Waals surface area contributed by atoms with Crippen LogP contribution in [0.1, 0.15) is 29.6 Å². The molecule has 1 aliphatic heterocycles. The molecule has 1 aromatic rings. The van der Waals surface area contributed by atoms with Crippen LogP contribution in [0.5, 0.6) is 5.75 Å². The number of hydrogen-bond acceptors (Lipinski definition) is 3. The summed E-state index contributed by atoms with van der Waals surface area (Å²) in [4.78, 5) is 0. The number of phenolic OH excluding ortho intramolecular Hbond substituents is 1. The lowest BCUT2D eigenvalue weighted by Gasteiger charge is -2.07. The first-order valence-electron chi connectivity index (χ1n) is 4.23. The first-order chi connectivity index (χ1) is 6.22. The second-order valence-corrected chi connectivity index (χ2v) is 4.06. The molecular formula is C10H12O2S. The van der Waals surface area contributed by atoms with E-state index in [9.17, 15) is 5.11 Å². The smallest absolute Gasteiger partial charge is 0.129 e. The number of aromatic hydroxyl groups is 1. The Kier molecular flexibility index (Phi) is 2.22. The number of fused-ring (bicyclic) bond motifs is 1. The summed E-state index contributed by atoms with van der Waals surface area (Å²) in [5.74, 6) is 0.315. The van der Waals surface area contributed by atoms with Crippen LogP contribution in [0.2, 0.25) is 0 Å². The standard InChI is InChI=1S/C10H12O2S/c1-6-8-4-3-7(11)5-9(8)10(12-6)13-2/h3-6,10-11H,1-2H3. The van der Waals surface area contributed by atoms with Crippen molar-refractivity contribution in [2.45, 2.75) is 18.5 Å². The van der Waals surface area contributed by atoms with E-state index in [1.807, 2.05) is 19.2 Å². The molecule has 13 heavy (non-hydrogen) atoms. The van der Waals surface area contributed by atoms with Gasteiger partial charge in [-0.05, 0) is 30.9 Å². The summed E-state index contributed by atoms with van der Waals surface area (Å²) in [5.41, 5.74) is 2.38. The molecular weight excluding hydrogens is 184 g/mol. The normalized spacial score (nSPS) is 26.0. The lowest BCUT2D eigenvalue weighted by Crippen LogP contribution is -1.89. The number of thioether (sulfide) groups is 1. The molecule has 1 heterocycles. The Balaban J connectivity index is 2.46. The van der Waals surface area contributed by atoms with Gasteiger partial charge in [0, 0.05) is 5.56 Å². The number of ether oxygens (including phenoxy) is 1. The Morgan fingerprint density at radius 1 is 1.38 bits per heavy atom. The first-order valence-corrected chi connectivity index (χ1v) is 5.52. The monoisotopic (exact) mass is 196 g/mol. The van der Waals surface area contributed by atoms with Crippen molar-refractivity contribution in [1.29, 1.82) is 0 Å². The quantitative estimate of drug-likeness (QED) is 0.749. The molecule has 0 amide bonds. The minimum Gasteiger partial charge on any atom is -0.508 e. The fourth-order valence-corrected chi connectivity index (χ4v) is 2.39. The molecule has 2 unspecified atom stereocenters. The van der Waals surface area contributed by atoms with Gasteiger partial charge in [-0.2, -0.15) is 0 Å². The van der Waals surface area contributed by atoms with Crippen LogP contribution in [0, 0.1) is 0 Å². The highest BCUT2D eigenvalue weighted by atomic mass is 32.2. The second kappa shape index (κ2) is 3.24. The Morgan fingerprint density at radius 2 is 2.15 bits per heavy atom. The molecule has 0 aliphatic carbocycles. The van der Waals surface area contributed by atoms with Crippen LogP contribution in [-0.4, -0.2) is 11.4 Å². The topological polar surface area (TPSA) is 29.5 Å². The highest BCUT2D eigenvalue weighted by Gasteiger charge is 2.28. The summed E-state index contributed by atoms with van der Waals surface area (Å²) in [7, 11) is 0. The number of benzene rings is 1. The third-order valence-corrected chi connectivity index (χ3v) is 3.10. The molecule has 0 radical (unpaired) electrons. The molecule has 0 fully saturated rings. The van der Waals surface area contributed by atoms with Gasteiger partial charge in [0.1, 0.15) is 11.2 Å². The molecule has 70 valence electrons. The van der Waals surface area contributed by atoms with E-state index >= 15 is 0 Å². The molecule has 2 atom stereocenters. The molecule has 3 heteroatoms. The molecule has 0 spiro atoms. The van der Waals surface area contributed by atoms with Crippen LogP contribution in [-0.2, 0) is 4.74 Å². The summed E-state index contributed by atoms with van der Waals surface area (Å²) < 4.78 is 5.69. The van der Waals surface area contributed by atoms with Gasteiger partial charge >= 0.3 is 0 Å². The molecule has 1 aliphatic rings. The van der Waals surface area contributed by atoms with Crippen molar-refractivity contribution in [3.8, 4) is 5.75 Å². The zero-order valence-electron chi connectivity index (χ0n) is 7.65. The van der Waals surface area contributed by atoms with E-state index in [-0.39, 0.29) is 11.5 Å². The predicted molar refractivity (Wildman–Crippen MR) is 53.9 cm³/mol. The average molecular weight is 196 g/mol. The van der Waals surface area contributed by atoms with Gasteiger partial charge in [-0.25, -0.2) is 0 Å². The van der Waals surface area contributed by atoms with Gasteiger partial charge in [0.25, 0.3) is 0 Å². The highest BCUT2D eigenvalue weighted by Crippen LogP contribution is 2.44. The van der Waals surface area contributed by atoms with E-state index in [0.29, 0.717) is 5.75 Å². The van der Waals surface area contributed by atoms with Crippen molar-refractivity contribution < 1.29 is 9.84 Å². The van der Waals surface area contributed by atoms with Gasteiger partial charge in [-0.15, -0.1) is 11.8 Å². The van der Waals surface area contributed by atoms with Crippen molar-refractivity contribution >= 4 is 11.8 Å². The van der Waals surface area contributed by atoms with Crippen molar-refractivity contribution in [2.24, 2.45) is 0 Å². The minimum atomic E-state index is 0.0806. The third kappa shape index (κ3) is 1.42. The van der Waals surface area contributed by atoms with E-state index in [1.165, 1.54) is 5.56 Å². The molecule has 1 aromatic carbocycles. The largest absolute Gasteiger partial charge is 0.508 e. The Morgan fingerprint density at radius 3 is 2.85 bits per heavy atom. The third-order valence-electron chi connectivity index (χ3n) is 2.30. The lowest BCUT2D eigenvalue weighted by molar-refractivity contribution is 0.0735. The van der Waals surface area contributed by atoms with Crippen molar-refractivity contribution in [1.82, 2.24) is 0 Å². The van der Waals surface area contributed by atoms with Gasteiger partial charge < -0.3 is 9.84 Å². The van der Waals surface area contributed by atoms with E-state index in [4.69, 9.17) is 4.74 Å². The first kappa shape index (κ1) is 8.91. The molecule has 0 bridgehead atoms. The molecule has 1 N–H and O–H groups in total. The van der Waals surface area contributed by atoms with E-state index in [0.717, 1.165) is 5.56 Å². The fraction of sp³-hybridized carbons (Fsp3) is 0.400. The van der Waals surface area contributed by atoms with Crippen molar-refractivity contribution in [3.05, 3.63) is 29.3 Å². The maximum Gasteiger partial charge on any atom is 0.129 e. The van der Waals surface area contributed by atoms with Crippen LogP contribution < -0.4 is 0 Å². The number of rotatable bonds is 1. The Labute approximate surface area is 81.9 Å². The highest BCUT2D eigenvalue weighted by molar-refractivity contribution is 7.98. The van der Waals surface area contributed by atoms with Crippen LogP contribution in [0.3, 0.4) is 0 Å². The molecule has 0 saturated carbocycles. The van der Waals surface area contributed by atoms with Crippen LogP contribution in [0.15, 0.2) is 18.2 Å². The summed E-state index contributed by atoms with van der Waals surface area (Å²) in [6.07, 6.45) is 2.16. The average Bonchev–Trinajstić information content (AvgIpc) is 2.42. The summed E-state index contributed by atoms with van der Waals surface area (Å²) in [6, 6.07) is 5.44. The molecule has 2 nitrogen and oxygen atoms in total. The number of phenols is 1. The molecule has 0 aromatic heterocycles. The Hall–Kier alpha value is -0.670. The fourth-order valence-electron chi connectivity index (χ4n) is 1.65.